The molecule has 0 heterocycles. The van der Waals surface area contributed by atoms with Crippen molar-refractivity contribution >= 4 is 0 Å². The van der Waals surface area contributed by atoms with Crippen LogP contribution in [0.25, 0.3) is 0 Å². The molecule has 1 fully saturated rings. The molecule has 2 aromatic rings. The monoisotopic (exact) mass is 311 g/mol. The SMILES string of the molecule is COc1ccc(CC(C)N[C@@H]2C[C@H]2c2ccccc2)cc1OC. The van der Waals surface area contributed by atoms with Crippen molar-refractivity contribution in [1.82, 2.24) is 5.32 Å². The van der Waals surface area contributed by atoms with Crippen LogP contribution in [0.2, 0.25) is 0 Å². The first-order valence-electron chi connectivity index (χ1n) is 8.23. The summed E-state index contributed by atoms with van der Waals surface area (Å²) in [5.74, 6) is 2.25. The molecule has 3 heteroatoms. The fourth-order valence-electron chi connectivity index (χ4n) is 3.23. The molecule has 0 saturated heterocycles. The molecule has 122 valence electrons. The molecule has 2 aromatic carbocycles. The van der Waals surface area contributed by atoms with E-state index in [1.165, 1.54) is 17.5 Å². The van der Waals surface area contributed by atoms with Crippen molar-refractivity contribution in [1.29, 1.82) is 0 Å². The number of benzene rings is 2. The summed E-state index contributed by atoms with van der Waals surface area (Å²) < 4.78 is 10.7. The van der Waals surface area contributed by atoms with Crippen LogP contribution < -0.4 is 14.8 Å². The van der Waals surface area contributed by atoms with Crippen molar-refractivity contribution < 1.29 is 9.47 Å². The van der Waals surface area contributed by atoms with Crippen LogP contribution in [0, 0.1) is 0 Å². The van der Waals surface area contributed by atoms with Crippen LogP contribution in [0.1, 0.15) is 30.4 Å². The van der Waals surface area contributed by atoms with E-state index in [1.807, 2.05) is 6.07 Å². The Morgan fingerprint density at radius 2 is 1.78 bits per heavy atom. The fraction of sp³-hybridized carbons (Fsp3) is 0.400. The van der Waals surface area contributed by atoms with E-state index < -0.39 is 0 Å². The zero-order valence-corrected chi connectivity index (χ0v) is 14.1. The normalized spacial score (nSPS) is 20.8. The highest BCUT2D eigenvalue weighted by Gasteiger charge is 2.38. The molecule has 0 spiro atoms. The Morgan fingerprint density at radius 3 is 2.48 bits per heavy atom. The topological polar surface area (TPSA) is 30.5 Å². The molecule has 0 amide bonds. The fourth-order valence-corrected chi connectivity index (χ4v) is 3.23. The Kier molecular flexibility index (Phi) is 4.87. The molecular formula is C20H25NO2. The summed E-state index contributed by atoms with van der Waals surface area (Å²) in [5.41, 5.74) is 2.71. The van der Waals surface area contributed by atoms with Crippen molar-refractivity contribution in [2.75, 3.05) is 14.2 Å². The van der Waals surface area contributed by atoms with Crippen molar-refractivity contribution in [2.24, 2.45) is 0 Å². The van der Waals surface area contributed by atoms with Crippen LogP contribution in [0.3, 0.4) is 0 Å². The van der Waals surface area contributed by atoms with E-state index in [0.29, 0.717) is 18.0 Å². The van der Waals surface area contributed by atoms with Gasteiger partial charge in [-0.25, -0.2) is 0 Å². The van der Waals surface area contributed by atoms with Crippen LogP contribution in [-0.2, 0) is 6.42 Å². The maximum absolute atomic E-state index is 5.38. The molecule has 1 saturated carbocycles. The van der Waals surface area contributed by atoms with Crippen LogP contribution in [0.15, 0.2) is 48.5 Å². The third-order valence-corrected chi connectivity index (χ3v) is 4.51. The summed E-state index contributed by atoms with van der Waals surface area (Å²) in [6.07, 6.45) is 2.22. The number of rotatable bonds is 7. The highest BCUT2D eigenvalue weighted by molar-refractivity contribution is 5.43. The lowest BCUT2D eigenvalue weighted by Gasteiger charge is -2.15. The summed E-state index contributed by atoms with van der Waals surface area (Å²) >= 11 is 0. The van der Waals surface area contributed by atoms with Crippen LogP contribution >= 0.6 is 0 Å². The Hall–Kier alpha value is -2.00. The molecular weight excluding hydrogens is 286 g/mol. The number of nitrogens with one attached hydrogen (secondary N) is 1. The third-order valence-electron chi connectivity index (χ3n) is 4.51. The van der Waals surface area contributed by atoms with Gasteiger partial charge in [-0.2, -0.15) is 0 Å². The van der Waals surface area contributed by atoms with E-state index in [4.69, 9.17) is 9.47 Å². The van der Waals surface area contributed by atoms with Gasteiger partial charge in [-0.05, 0) is 43.0 Å². The van der Waals surface area contributed by atoms with Gasteiger partial charge in [0.25, 0.3) is 0 Å². The predicted molar refractivity (Wildman–Crippen MR) is 93.4 cm³/mol. The van der Waals surface area contributed by atoms with Crippen LogP contribution in [0.4, 0.5) is 0 Å². The second kappa shape index (κ2) is 7.05. The average molecular weight is 311 g/mol. The van der Waals surface area contributed by atoms with E-state index in [2.05, 4.69) is 54.7 Å². The van der Waals surface area contributed by atoms with Gasteiger partial charge in [0.05, 0.1) is 14.2 Å². The van der Waals surface area contributed by atoms with Gasteiger partial charge in [0.15, 0.2) is 11.5 Å². The largest absolute Gasteiger partial charge is 0.493 e. The number of ether oxygens (including phenoxy) is 2. The Labute approximate surface area is 138 Å². The molecule has 3 nitrogen and oxygen atoms in total. The lowest BCUT2D eigenvalue weighted by Crippen LogP contribution is -2.30. The number of hydrogen-bond acceptors (Lipinski definition) is 3. The molecule has 1 N–H and O–H groups in total. The first-order valence-corrected chi connectivity index (χ1v) is 8.23. The van der Waals surface area contributed by atoms with Gasteiger partial charge < -0.3 is 14.8 Å². The smallest absolute Gasteiger partial charge is 0.160 e. The van der Waals surface area contributed by atoms with E-state index in [0.717, 1.165) is 17.9 Å². The summed E-state index contributed by atoms with van der Waals surface area (Å²) in [5, 5.41) is 3.74. The zero-order valence-electron chi connectivity index (χ0n) is 14.1. The van der Waals surface area contributed by atoms with Gasteiger partial charge >= 0.3 is 0 Å². The molecule has 0 radical (unpaired) electrons. The first-order chi connectivity index (χ1) is 11.2. The maximum Gasteiger partial charge on any atom is 0.160 e. The van der Waals surface area contributed by atoms with Gasteiger partial charge in [0.2, 0.25) is 0 Å². The first kappa shape index (κ1) is 15.9. The number of methoxy groups -OCH3 is 2. The molecule has 0 bridgehead atoms. The summed E-state index contributed by atoms with van der Waals surface area (Å²) in [6.45, 7) is 2.25. The second-order valence-electron chi connectivity index (χ2n) is 6.32. The van der Waals surface area contributed by atoms with Crippen LogP contribution in [0.5, 0.6) is 11.5 Å². The summed E-state index contributed by atoms with van der Waals surface area (Å²) in [7, 11) is 3.34. The Balaban J connectivity index is 1.55. The minimum absolute atomic E-state index is 0.437. The van der Waals surface area contributed by atoms with E-state index in [-0.39, 0.29) is 0 Å². The third kappa shape index (κ3) is 3.85. The van der Waals surface area contributed by atoms with Crippen molar-refractivity contribution in [3.05, 3.63) is 59.7 Å². The van der Waals surface area contributed by atoms with Gasteiger partial charge in [-0.1, -0.05) is 36.4 Å². The Bertz CT molecular complexity index is 641. The van der Waals surface area contributed by atoms with Gasteiger partial charge in [-0.15, -0.1) is 0 Å². The minimum Gasteiger partial charge on any atom is -0.493 e. The Morgan fingerprint density at radius 1 is 1.04 bits per heavy atom. The van der Waals surface area contributed by atoms with Crippen molar-refractivity contribution in [3.63, 3.8) is 0 Å². The highest BCUT2D eigenvalue weighted by Crippen LogP contribution is 2.41. The lowest BCUT2D eigenvalue weighted by molar-refractivity contribution is 0.354. The van der Waals surface area contributed by atoms with Gasteiger partial charge in [0.1, 0.15) is 0 Å². The molecule has 3 atom stereocenters. The molecule has 1 aliphatic carbocycles. The van der Waals surface area contributed by atoms with E-state index in [1.54, 1.807) is 14.2 Å². The standard InChI is InChI=1S/C20H25NO2/c1-14(11-15-9-10-19(22-2)20(12-15)23-3)21-18-13-17(18)16-7-5-4-6-8-16/h4-10,12,14,17-18,21H,11,13H2,1-3H3/t14?,17-,18+/m0/s1. The molecule has 1 unspecified atom stereocenters. The number of hydrogen-bond donors (Lipinski definition) is 1. The van der Waals surface area contributed by atoms with Gasteiger partial charge in [-0.3, -0.25) is 0 Å². The van der Waals surface area contributed by atoms with Crippen LogP contribution in [-0.4, -0.2) is 26.3 Å². The van der Waals surface area contributed by atoms with E-state index >= 15 is 0 Å². The molecule has 1 aliphatic rings. The summed E-state index contributed by atoms with van der Waals surface area (Å²) in [4.78, 5) is 0. The average Bonchev–Trinajstić information content (AvgIpc) is 3.34. The minimum atomic E-state index is 0.437. The van der Waals surface area contributed by atoms with Crippen molar-refractivity contribution in [2.45, 2.75) is 37.8 Å². The maximum atomic E-state index is 5.38. The quantitative estimate of drug-likeness (QED) is 0.844. The van der Waals surface area contributed by atoms with Gasteiger partial charge in [0, 0.05) is 18.0 Å². The summed E-state index contributed by atoms with van der Waals surface area (Å²) in [6, 6.07) is 18.0. The van der Waals surface area contributed by atoms with E-state index in [9.17, 15) is 0 Å². The lowest BCUT2D eigenvalue weighted by atomic mass is 10.1. The highest BCUT2D eigenvalue weighted by atomic mass is 16.5. The molecule has 23 heavy (non-hydrogen) atoms. The molecule has 0 aliphatic heterocycles. The second-order valence-corrected chi connectivity index (χ2v) is 6.32. The van der Waals surface area contributed by atoms with Crippen molar-refractivity contribution in [3.8, 4) is 11.5 Å². The predicted octanol–water partition coefficient (Wildman–Crippen LogP) is 3.78. The molecule has 0 aromatic heterocycles. The zero-order chi connectivity index (χ0) is 16.2. The molecule has 3 rings (SSSR count).